The lowest BCUT2D eigenvalue weighted by atomic mass is 10.0. The van der Waals surface area contributed by atoms with E-state index >= 15 is 0 Å². The second-order valence-corrected chi connectivity index (χ2v) is 11.1. The molecule has 1 unspecified atom stereocenters. The summed E-state index contributed by atoms with van der Waals surface area (Å²) < 4.78 is 33.4. The van der Waals surface area contributed by atoms with E-state index in [0.29, 0.717) is 20.1 Å². The fourth-order valence-corrected chi connectivity index (χ4v) is 5.77. The number of carbonyl (C=O) groups excluding carboxylic acids is 1. The molecule has 0 aliphatic carbocycles. The monoisotopic (exact) mass is 554 g/mol. The molecule has 4 aromatic rings. The standard InChI is InChI=1S/C22H17Cl3N4O3S2/c1-12(13-5-6-15(23)17(25)9-13)10-27-21(30)20-16(24)3-2-4-18(20)29-34(31,32)22-14-11-28-33-19(14)7-8-26-22/h2-9,11-12,29H,10H2,1H3,(H,27,30). The zero-order valence-corrected chi connectivity index (χ0v) is 21.5. The number of anilines is 1. The van der Waals surface area contributed by atoms with E-state index in [4.69, 9.17) is 34.8 Å². The predicted octanol–water partition coefficient (Wildman–Crippen LogP) is 5.99. The third-order valence-electron chi connectivity index (χ3n) is 5.07. The van der Waals surface area contributed by atoms with Gasteiger partial charge in [0, 0.05) is 12.7 Å². The lowest BCUT2D eigenvalue weighted by molar-refractivity contribution is 0.0952. The molecule has 7 nitrogen and oxygen atoms in total. The molecule has 2 aromatic carbocycles. The molecule has 1 amide bonds. The van der Waals surface area contributed by atoms with Crippen LogP contribution in [-0.2, 0) is 10.0 Å². The van der Waals surface area contributed by atoms with Gasteiger partial charge in [0.25, 0.3) is 15.9 Å². The van der Waals surface area contributed by atoms with Crippen molar-refractivity contribution in [2.24, 2.45) is 0 Å². The Morgan fingerprint density at radius 3 is 2.65 bits per heavy atom. The zero-order valence-electron chi connectivity index (χ0n) is 17.6. The first kappa shape index (κ1) is 24.7. The third-order valence-corrected chi connectivity index (χ3v) is 8.21. The van der Waals surface area contributed by atoms with Gasteiger partial charge in [0.15, 0.2) is 5.03 Å². The van der Waals surface area contributed by atoms with Crippen LogP contribution in [0.3, 0.4) is 0 Å². The molecular formula is C22H17Cl3N4O3S2. The van der Waals surface area contributed by atoms with E-state index in [9.17, 15) is 13.2 Å². The first-order valence-corrected chi connectivity index (χ1v) is 13.3. The first-order chi connectivity index (χ1) is 16.2. The van der Waals surface area contributed by atoms with Crippen LogP contribution >= 0.6 is 46.3 Å². The molecule has 0 radical (unpaired) electrons. The number of aromatic nitrogens is 2. The van der Waals surface area contributed by atoms with Crippen molar-refractivity contribution in [3.05, 3.63) is 81.1 Å². The maximum absolute atomic E-state index is 13.1. The molecule has 0 saturated carbocycles. The summed E-state index contributed by atoms with van der Waals surface area (Å²) in [6.45, 7) is 2.17. The first-order valence-electron chi connectivity index (χ1n) is 9.91. The van der Waals surface area contributed by atoms with Crippen molar-refractivity contribution < 1.29 is 13.2 Å². The summed E-state index contributed by atoms with van der Waals surface area (Å²) in [5.41, 5.74) is 0.928. The van der Waals surface area contributed by atoms with Crippen molar-refractivity contribution in [1.82, 2.24) is 14.7 Å². The van der Waals surface area contributed by atoms with Gasteiger partial charge in [-0.3, -0.25) is 9.52 Å². The van der Waals surface area contributed by atoms with E-state index in [0.717, 1.165) is 17.1 Å². The molecule has 176 valence electrons. The minimum Gasteiger partial charge on any atom is -0.351 e. The molecule has 2 heterocycles. The molecule has 0 spiro atoms. The molecule has 2 N–H and O–H groups in total. The molecule has 4 rings (SSSR count). The Morgan fingerprint density at radius 1 is 1.09 bits per heavy atom. The lowest BCUT2D eigenvalue weighted by Crippen LogP contribution is -2.29. The molecule has 0 aliphatic heterocycles. The van der Waals surface area contributed by atoms with Gasteiger partial charge in [-0.15, -0.1) is 0 Å². The van der Waals surface area contributed by atoms with Gasteiger partial charge < -0.3 is 5.32 Å². The maximum atomic E-state index is 13.1. The Morgan fingerprint density at radius 2 is 1.88 bits per heavy atom. The second kappa shape index (κ2) is 10.1. The Kier molecular flexibility index (Phi) is 7.30. The minimum absolute atomic E-state index is 0.00435. The van der Waals surface area contributed by atoms with Crippen molar-refractivity contribution in [3.63, 3.8) is 0 Å². The van der Waals surface area contributed by atoms with Gasteiger partial charge >= 0.3 is 0 Å². The van der Waals surface area contributed by atoms with Crippen molar-refractivity contribution in [2.45, 2.75) is 17.9 Å². The number of fused-ring (bicyclic) bond motifs is 1. The third kappa shape index (κ3) is 5.13. The normalized spacial score (nSPS) is 12.5. The van der Waals surface area contributed by atoms with E-state index in [1.54, 1.807) is 24.3 Å². The molecule has 2 aromatic heterocycles. The lowest BCUT2D eigenvalue weighted by Gasteiger charge is -2.17. The number of nitrogens with one attached hydrogen (secondary N) is 2. The molecular weight excluding hydrogens is 539 g/mol. The van der Waals surface area contributed by atoms with Crippen molar-refractivity contribution in [3.8, 4) is 0 Å². The van der Waals surface area contributed by atoms with Gasteiger partial charge in [0.1, 0.15) is 0 Å². The molecule has 0 bridgehead atoms. The van der Waals surface area contributed by atoms with Gasteiger partial charge in [-0.05, 0) is 53.3 Å². The summed E-state index contributed by atoms with van der Waals surface area (Å²) >= 11 is 19.5. The summed E-state index contributed by atoms with van der Waals surface area (Å²) in [5, 5.41) is 3.98. The number of sulfonamides is 1. The van der Waals surface area contributed by atoms with Gasteiger partial charge in [0.05, 0.1) is 42.6 Å². The van der Waals surface area contributed by atoms with Crippen molar-refractivity contribution in [1.29, 1.82) is 0 Å². The van der Waals surface area contributed by atoms with Crippen LogP contribution < -0.4 is 10.0 Å². The highest BCUT2D eigenvalue weighted by Crippen LogP contribution is 2.30. The number of hydrogen-bond donors (Lipinski definition) is 2. The molecule has 1 atom stereocenters. The molecule has 12 heteroatoms. The highest BCUT2D eigenvalue weighted by atomic mass is 35.5. The Bertz CT molecular complexity index is 1490. The van der Waals surface area contributed by atoms with E-state index in [2.05, 4.69) is 19.4 Å². The minimum atomic E-state index is -4.13. The van der Waals surface area contributed by atoms with E-state index in [1.165, 1.54) is 24.5 Å². The maximum Gasteiger partial charge on any atom is 0.280 e. The highest BCUT2D eigenvalue weighted by molar-refractivity contribution is 7.92. The van der Waals surface area contributed by atoms with Gasteiger partial charge in [-0.25, -0.2) is 4.98 Å². The van der Waals surface area contributed by atoms with E-state index in [-0.39, 0.29) is 33.8 Å². The van der Waals surface area contributed by atoms with Crippen molar-refractivity contribution in [2.75, 3.05) is 11.3 Å². The average Bonchev–Trinajstić information content (AvgIpc) is 3.28. The number of benzene rings is 2. The summed E-state index contributed by atoms with van der Waals surface area (Å²) in [6, 6.07) is 11.5. The topological polar surface area (TPSA) is 101 Å². The second-order valence-electron chi connectivity index (χ2n) is 7.41. The smallest absolute Gasteiger partial charge is 0.280 e. The fourth-order valence-electron chi connectivity index (χ4n) is 3.29. The molecule has 0 fully saturated rings. The number of halogens is 3. The van der Waals surface area contributed by atoms with Crippen LogP contribution in [0.1, 0.15) is 28.8 Å². The quantitative estimate of drug-likeness (QED) is 0.292. The Labute approximate surface area is 215 Å². The number of nitrogens with zero attached hydrogens (tertiary/aromatic N) is 2. The van der Waals surface area contributed by atoms with Crippen LogP contribution in [0.5, 0.6) is 0 Å². The van der Waals surface area contributed by atoms with E-state index in [1.807, 2.05) is 13.0 Å². The summed E-state index contributed by atoms with van der Waals surface area (Å²) in [5.74, 6) is -0.618. The number of amides is 1. The fraction of sp³-hybridized carbons (Fsp3) is 0.136. The van der Waals surface area contributed by atoms with Crippen molar-refractivity contribution >= 4 is 78.0 Å². The largest absolute Gasteiger partial charge is 0.351 e. The van der Waals surface area contributed by atoms with Crippen LogP contribution in [0.25, 0.3) is 10.1 Å². The SMILES string of the molecule is CC(CNC(=O)c1c(Cl)cccc1NS(=O)(=O)c1nccc2sncc12)c1ccc(Cl)c(Cl)c1. The van der Waals surface area contributed by atoms with Crippen LogP contribution in [0.4, 0.5) is 5.69 Å². The van der Waals surface area contributed by atoms with Gasteiger partial charge in [-0.1, -0.05) is 53.9 Å². The summed E-state index contributed by atoms with van der Waals surface area (Å²) in [6.07, 6.45) is 2.84. The number of hydrogen-bond acceptors (Lipinski definition) is 6. The van der Waals surface area contributed by atoms with Crippen LogP contribution in [0.15, 0.2) is 59.9 Å². The molecule has 0 saturated heterocycles. The van der Waals surface area contributed by atoms with Gasteiger partial charge in [-0.2, -0.15) is 12.8 Å². The average molecular weight is 556 g/mol. The van der Waals surface area contributed by atoms with E-state index < -0.39 is 15.9 Å². The van der Waals surface area contributed by atoms with Crippen LogP contribution in [0.2, 0.25) is 15.1 Å². The number of rotatable bonds is 7. The molecule has 34 heavy (non-hydrogen) atoms. The summed E-state index contributed by atoms with van der Waals surface area (Å²) in [4.78, 5) is 17.0. The highest BCUT2D eigenvalue weighted by Gasteiger charge is 2.24. The summed E-state index contributed by atoms with van der Waals surface area (Å²) in [7, 11) is -4.13. The molecule has 0 aliphatic rings. The van der Waals surface area contributed by atoms with Crippen LogP contribution in [0, 0.1) is 0 Å². The number of pyridine rings is 1. The number of carbonyl (C=O) groups is 1. The predicted molar refractivity (Wildman–Crippen MR) is 137 cm³/mol. The van der Waals surface area contributed by atoms with Gasteiger partial charge in [0.2, 0.25) is 0 Å². The van der Waals surface area contributed by atoms with Crippen LogP contribution in [-0.4, -0.2) is 30.2 Å². The Hall–Kier alpha value is -2.43. The Balaban J connectivity index is 1.57. The zero-order chi connectivity index (χ0) is 24.5.